The van der Waals surface area contributed by atoms with Crippen LogP contribution in [0.3, 0.4) is 0 Å². The molecule has 0 unspecified atom stereocenters. The quantitative estimate of drug-likeness (QED) is 0.880. The Bertz CT molecular complexity index is 608. The average Bonchev–Trinajstić information content (AvgIpc) is 2.48. The number of rotatable bonds is 5. The van der Waals surface area contributed by atoms with Crippen molar-refractivity contribution in [2.45, 2.75) is 6.42 Å². The van der Waals surface area contributed by atoms with E-state index in [9.17, 15) is 14.7 Å². The molecule has 2 aromatic rings. The van der Waals surface area contributed by atoms with Crippen LogP contribution in [-0.2, 0) is 6.42 Å². The first-order valence-electron chi connectivity index (χ1n) is 6.31. The van der Waals surface area contributed by atoms with E-state index in [1.54, 1.807) is 12.1 Å². The predicted octanol–water partition coefficient (Wildman–Crippen LogP) is 1.02. The van der Waals surface area contributed by atoms with Gasteiger partial charge in [-0.05, 0) is 18.1 Å². The number of hydrogen-bond acceptors (Lipinski definition) is 3. The lowest BCUT2D eigenvalue weighted by Crippen LogP contribution is -2.30. The lowest BCUT2D eigenvalue weighted by atomic mass is 10.1. The molecular weight excluding hydrogens is 254 g/mol. The van der Waals surface area contributed by atoms with Crippen molar-refractivity contribution in [2.24, 2.45) is 0 Å². The minimum absolute atomic E-state index is 0.0929. The maximum atomic E-state index is 12.0. The highest BCUT2D eigenvalue weighted by atomic mass is 16.4. The van der Waals surface area contributed by atoms with E-state index in [0.717, 1.165) is 5.56 Å². The van der Waals surface area contributed by atoms with Gasteiger partial charge in [0.1, 0.15) is 0 Å². The fraction of sp³-hybridized carbons (Fsp3) is 0.125. The number of benzene rings is 2. The van der Waals surface area contributed by atoms with Crippen LogP contribution >= 0.6 is 0 Å². The van der Waals surface area contributed by atoms with Crippen LogP contribution in [0.5, 0.6) is 0 Å². The summed E-state index contributed by atoms with van der Waals surface area (Å²) in [7, 11) is 0. The van der Waals surface area contributed by atoms with Crippen molar-refractivity contribution >= 4 is 11.9 Å². The number of carboxylic acids is 1. The number of carbonyl (C=O) groups is 2. The van der Waals surface area contributed by atoms with E-state index in [0.29, 0.717) is 13.0 Å². The van der Waals surface area contributed by atoms with Gasteiger partial charge < -0.3 is 15.2 Å². The zero-order valence-corrected chi connectivity index (χ0v) is 10.8. The van der Waals surface area contributed by atoms with Crippen molar-refractivity contribution in [2.75, 3.05) is 6.54 Å². The molecule has 0 bridgehead atoms. The maximum Gasteiger partial charge on any atom is 0.251 e. The normalized spacial score (nSPS) is 10.0. The van der Waals surface area contributed by atoms with Gasteiger partial charge in [-0.15, -0.1) is 0 Å². The molecule has 4 nitrogen and oxygen atoms in total. The average molecular weight is 268 g/mol. The first-order chi connectivity index (χ1) is 9.68. The smallest absolute Gasteiger partial charge is 0.251 e. The molecule has 2 aromatic carbocycles. The third kappa shape index (κ3) is 3.45. The third-order valence-electron chi connectivity index (χ3n) is 2.93. The lowest BCUT2D eigenvalue weighted by Gasteiger charge is -2.10. The van der Waals surface area contributed by atoms with Crippen molar-refractivity contribution in [3.05, 3.63) is 71.3 Å². The number of carbonyl (C=O) groups excluding carboxylic acids is 2. The van der Waals surface area contributed by atoms with Crippen molar-refractivity contribution in [3.8, 4) is 0 Å². The Kier molecular flexibility index (Phi) is 4.50. The predicted molar refractivity (Wildman–Crippen MR) is 73.3 cm³/mol. The summed E-state index contributed by atoms with van der Waals surface area (Å²) in [5.74, 6) is -1.75. The van der Waals surface area contributed by atoms with Crippen molar-refractivity contribution in [3.63, 3.8) is 0 Å². The Hall–Kier alpha value is -2.62. The number of nitrogens with one attached hydrogen (secondary N) is 1. The van der Waals surface area contributed by atoms with E-state index in [1.807, 2.05) is 30.3 Å². The summed E-state index contributed by atoms with van der Waals surface area (Å²) in [5, 5.41) is 13.6. The summed E-state index contributed by atoms with van der Waals surface area (Å²) < 4.78 is 0. The van der Waals surface area contributed by atoms with E-state index < -0.39 is 11.9 Å². The van der Waals surface area contributed by atoms with Crippen LogP contribution in [0, 0.1) is 0 Å². The van der Waals surface area contributed by atoms with Crippen LogP contribution in [0.2, 0.25) is 0 Å². The second-order valence-corrected chi connectivity index (χ2v) is 4.32. The van der Waals surface area contributed by atoms with Crippen LogP contribution in [0.1, 0.15) is 26.3 Å². The number of hydrogen-bond donors (Lipinski definition) is 1. The van der Waals surface area contributed by atoms with Crippen molar-refractivity contribution in [1.29, 1.82) is 0 Å². The van der Waals surface area contributed by atoms with Gasteiger partial charge in [0, 0.05) is 17.7 Å². The SMILES string of the molecule is O=C([O-])c1ccccc1C(=O)NCCc1ccccc1. The molecule has 0 aliphatic heterocycles. The van der Waals surface area contributed by atoms with Gasteiger partial charge in [0.15, 0.2) is 0 Å². The molecule has 0 saturated carbocycles. The standard InChI is InChI=1S/C16H15NO3/c18-15(13-8-4-5-9-14(13)16(19)20)17-11-10-12-6-2-1-3-7-12/h1-9H,10-11H2,(H,17,18)(H,19,20)/p-1. The van der Waals surface area contributed by atoms with E-state index in [4.69, 9.17) is 0 Å². The highest BCUT2D eigenvalue weighted by Crippen LogP contribution is 2.07. The molecule has 2 rings (SSSR count). The second-order valence-electron chi connectivity index (χ2n) is 4.32. The minimum atomic E-state index is -1.35. The molecule has 102 valence electrons. The topological polar surface area (TPSA) is 69.2 Å². The first kappa shape index (κ1) is 13.8. The highest BCUT2D eigenvalue weighted by Gasteiger charge is 2.10. The first-order valence-corrected chi connectivity index (χ1v) is 6.31. The summed E-state index contributed by atoms with van der Waals surface area (Å²) in [6, 6.07) is 15.8. The molecular formula is C16H14NO3-. The minimum Gasteiger partial charge on any atom is -0.545 e. The molecule has 0 spiro atoms. The maximum absolute atomic E-state index is 12.0. The Morgan fingerprint density at radius 2 is 1.50 bits per heavy atom. The van der Waals surface area contributed by atoms with Crippen molar-refractivity contribution in [1.82, 2.24) is 5.32 Å². The van der Waals surface area contributed by atoms with E-state index >= 15 is 0 Å². The summed E-state index contributed by atoms with van der Waals surface area (Å²) in [6.45, 7) is 0.449. The summed E-state index contributed by atoms with van der Waals surface area (Å²) in [6.07, 6.45) is 0.695. The molecule has 0 aliphatic carbocycles. The third-order valence-corrected chi connectivity index (χ3v) is 2.93. The lowest BCUT2D eigenvalue weighted by molar-refractivity contribution is -0.255. The van der Waals surface area contributed by atoms with Crippen molar-refractivity contribution < 1.29 is 14.7 Å². The van der Waals surface area contributed by atoms with Crippen LogP contribution in [0.4, 0.5) is 0 Å². The molecule has 1 amide bonds. The second kappa shape index (κ2) is 6.52. The summed E-state index contributed by atoms with van der Waals surface area (Å²) in [4.78, 5) is 22.9. The van der Waals surface area contributed by atoms with Crippen LogP contribution < -0.4 is 10.4 Å². The fourth-order valence-corrected chi connectivity index (χ4v) is 1.92. The molecule has 0 aliphatic rings. The molecule has 0 atom stereocenters. The van der Waals surface area contributed by atoms with Gasteiger partial charge in [0.05, 0.1) is 5.97 Å². The number of amides is 1. The van der Waals surface area contributed by atoms with Gasteiger partial charge in [0.2, 0.25) is 0 Å². The Morgan fingerprint density at radius 3 is 2.15 bits per heavy atom. The molecule has 0 fully saturated rings. The number of aromatic carboxylic acids is 1. The van der Waals surface area contributed by atoms with Crippen LogP contribution in [0.15, 0.2) is 54.6 Å². The van der Waals surface area contributed by atoms with Crippen LogP contribution in [-0.4, -0.2) is 18.4 Å². The van der Waals surface area contributed by atoms with E-state index in [-0.39, 0.29) is 11.1 Å². The zero-order chi connectivity index (χ0) is 14.4. The highest BCUT2D eigenvalue weighted by molar-refractivity contribution is 6.04. The Balaban J connectivity index is 1.97. The van der Waals surface area contributed by atoms with E-state index in [2.05, 4.69) is 5.32 Å². The zero-order valence-electron chi connectivity index (χ0n) is 10.8. The van der Waals surface area contributed by atoms with Gasteiger partial charge >= 0.3 is 0 Å². The Morgan fingerprint density at radius 1 is 0.900 bits per heavy atom. The van der Waals surface area contributed by atoms with Gasteiger partial charge in [-0.3, -0.25) is 4.79 Å². The van der Waals surface area contributed by atoms with Gasteiger partial charge in [-0.2, -0.15) is 0 Å². The van der Waals surface area contributed by atoms with Gasteiger partial charge in [-0.25, -0.2) is 0 Å². The summed E-state index contributed by atoms with van der Waals surface area (Å²) in [5.41, 5.74) is 1.14. The molecule has 0 heterocycles. The summed E-state index contributed by atoms with van der Waals surface area (Å²) >= 11 is 0. The molecule has 1 N–H and O–H groups in total. The molecule has 20 heavy (non-hydrogen) atoms. The molecule has 0 aromatic heterocycles. The largest absolute Gasteiger partial charge is 0.545 e. The molecule has 0 radical (unpaired) electrons. The number of carboxylic acid groups (broad SMARTS) is 1. The van der Waals surface area contributed by atoms with Gasteiger partial charge in [0.25, 0.3) is 5.91 Å². The fourth-order valence-electron chi connectivity index (χ4n) is 1.92. The Labute approximate surface area is 117 Å². The van der Waals surface area contributed by atoms with Crippen LogP contribution in [0.25, 0.3) is 0 Å². The molecule has 0 saturated heterocycles. The van der Waals surface area contributed by atoms with Gasteiger partial charge in [-0.1, -0.05) is 48.5 Å². The van der Waals surface area contributed by atoms with E-state index in [1.165, 1.54) is 12.1 Å². The monoisotopic (exact) mass is 268 g/mol. The molecule has 4 heteroatoms.